The maximum Gasteiger partial charge on any atom is 0.239 e. The quantitative estimate of drug-likeness (QED) is 0.564. The third-order valence-corrected chi connectivity index (χ3v) is 5.33. The number of nitrogens with one attached hydrogen (secondary N) is 1. The van der Waals surface area contributed by atoms with Crippen molar-refractivity contribution in [3.8, 4) is 0 Å². The Labute approximate surface area is 167 Å². The van der Waals surface area contributed by atoms with Gasteiger partial charge in [0.1, 0.15) is 6.54 Å². The molecule has 3 rings (SSSR count). The Kier molecular flexibility index (Phi) is 7.04. The third-order valence-electron chi connectivity index (χ3n) is 5.33. The van der Waals surface area contributed by atoms with Crippen LogP contribution in [0.2, 0.25) is 0 Å². The van der Waals surface area contributed by atoms with Gasteiger partial charge >= 0.3 is 0 Å². The number of rotatable bonds is 8. The van der Waals surface area contributed by atoms with Gasteiger partial charge in [-0.1, -0.05) is 44.2 Å². The fraction of sp³-hybridized carbons (Fsp3) is 0.478. The van der Waals surface area contributed by atoms with Gasteiger partial charge in [0.15, 0.2) is 0 Å². The van der Waals surface area contributed by atoms with Gasteiger partial charge in [0, 0.05) is 31.4 Å². The summed E-state index contributed by atoms with van der Waals surface area (Å²) >= 11 is 0. The molecule has 0 spiro atoms. The van der Waals surface area contributed by atoms with Gasteiger partial charge in [-0.25, -0.2) is 0 Å². The molecular weight excluding hydrogens is 350 g/mol. The summed E-state index contributed by atoms with van der Waals surface area (Å²) in [7, 11) is 0. The molecule has 0 aliphatic carbocycles. The number of hydrogen-bond acceptors (Lipinski definition) is 3. The van der Waals surface area contributed by atoms with Crippen LogP contribution in [-0.2, 0) is 11.3 Å². The van der Waals surface area contributed by atoms with Crippen molar-refractivity contribution in [2.24, 2.45) is 11.8 Å². The molecule has 0 saturated carbocycles. The Hall–Kier alpha value is -2.40. The average Bonchev–Trinajstić information content (AvgIpc) is 3.12. The molecule has 2 aromatic rings. The lowest BCUT2D eigenvalue weighted by Gasteiger charge is -2.34. The van der Waals surface area contributed by atoms with Gasteiger partial charge in [0.05, 0.1) is 5.69 Å². The van der Waals surface area contributed by atoms with Crippen LogP contribution in [0.5, 0.6) is 0 Å². The van der Waals surface area contributed by atoms with Gasteiger partial charge in [-0.15, -0.1) is 0 Å². The van der Waals surface area contributed by atoms with Crippen molar-refractivity contribution < 1.29 is 9.59 Å². The molecular formula is C23H31N3O2. The molecule has 0 radical (unpaired) electrons. The first-order chi connectivity index (χ1) is 13.5. The Bertz CT molecular complexity index is 774. The normalized spacial score (nSPS) is 20.1. The summed E-state index contributed by atoms with van der Waals surface area (Å²) in [5.41, 5.74) is 1.17. The molecule has 1 aliphatic rings. The molecule has 5 heteroatoms. The lowest BCUT2D eigenvalue weighted by Crippen LogP contribution is -2.40. The smallest absolute Gasteiger partial charge is 0.239 e. The van der Waals surface area contributed by atoms with Crippen LogP contribution in [0.15, 0.2) is 48.7 Å². The van der Waals surface area contributed by atoms with Crippen LogP contribution in [0, 0.1) is 11.8 Å². The first-order valence-electron chi connectivity index (χ1n) is 10.3. The van der Waals surface area contributed by atoms with Gasteiger partial charge in [-0.3, -0.25) is 9.59 Å². The average molecular weight is 382 g/mol. The predicted octanol–water partition coefficient (Wildman–Crippen LogP) is 3.20. The van der Waals surface area contributed by atoms with Crippen molar-refractivity contribution in [1.82, 2.24) is 14.8 Å². The first-order valence-corrected chi connectivity index (χ1v) is 10.3. The van der Waals surface area contributed by atoms with Crippen LogP contribution < -0.4 is 5.32 Å². The topological polar surface area (TPSA) is 54.3 Å². The minimum Gasteiger partial charge on any atom is -0.355 e. The van der Waals surface area contributed by atoms with Crippen molar-refractivity contribution in [1.29, 1.82) is 0 Å². The van der Waals surface area contributed by atoms with Crippen LogP contribution in [0.1, 0.15) is 42.7 Å². The summed E-state index contributed by atoms with van der Waals surface area (Å²) < 4.78 is 1.72. The van der Waals surface area contributed by atoms with E-state index in [1.165, 1.54) is 6.42 Å². The van der Waals surface area contributed by atoms with Gasteiger partial charge < -0.3 is 14.8 Å². The van der Waals surface area contributed by atoms with E-state index >= 15 is 0 Å². The standard InChI is InChI=1S/C23H31N3O2/c1-18-14-19(2)16-25(15-18)12-7-11-24-22(27)17-26-13-6-10-21(26)23(28)20-8-4-3-5-9-20/h3-6,8-10,13,18-19H,7,11-12,14-17H2,1-2H3,(H,24,27)/t18-,19-/m0/s1. The highest BCUT2D eigenvalue weighted by Crippen LogP contribution is 2.20. The van der Waals surface area contributed by atoms with Crippen LogP contribution in [0.3, 0.4) is 0 Å². The minimum atomic E-state index is -0.0632. The highest BCUT2D eigenvalue weighted by molar-refractivity contribution is 6.08. The van der Waals surface area contributed by atoms with Crippen LogP contribution in [-0.4, -0.2) is 47.3 Å². The molecule has 150 valence electrons. The van der Waals surface area contributed by atoms with E-state index in [4.69, 9.17) is 0 Å². The highest BCUT2D eigenvalue weighted by Gasteiger charge is 2.21. The molecule has 1 amide bonds. The molecule has 1 aromatic carbocycles. The lowest BCUT2D eigenvalue weighted by molar-refractivity contribution is -0.121. The van der Waals surface area contributed by atoms with E-state index in [-0.39, 0.29) is 18.2 Å². The number of piperidine rings is 1. The Morgan fingerprint density at radius 1 is 1.04 bits per heavy atom. The van der Waals surface area contributed by atoms with Crippen molar-refractivity contribution in [3.05, 3.63) is 59.9 Å². The van der Waals surface area contributed by atoms with Crippen LogP contribution in [0.25, 0.3) is 0 Å². The van der Waals surface area contributed by atoms with E-state index in [1.54, 1.807) is 29.0 Å². The van der Waals surface area contributed by atoms with E-state index in [2.05, 4.69) is 24.1 Å². The summed E-state index contributed by atoms with van der Waals surface area (Å²) in [6.07, 6.45) is 4.05. The zero-order valence-corrected chi connectivity index (χ0v) is 16.9. The molecule has 1 N–H and O–H groups in total. The van der Waals surface area contributed by atoms with E-state index in [0.717, 1.165) is 37.9 Å². The zero-order valence-electron chi connectivity index (χ0n) is 16.9. The van der Waals surface area contributed by atoms with Crippen LogP contribution >= 0.6 is 0 Å². The van der Waals surface area contributed by atoms with Crippen molar-refractivity contribution in [2.75, 3.05) is 26.2 Å². The first kappa shape index (κ1) is 20.3. The number of carbonyl (C=O) groups is 2. The predicted molar refractivity (Wildman–Crippen MR) is 111 cm³/mol. The fourth-order valence-corrected chi connectivity index (χ4v) is 4.21. The second-order valence-corrected chi connectivity index (χ2v) is 8.13. The third kappa shape index (κ3) is 5.55. The summed E-state index contributed by atoms with van der Waals surface area (Å²) in [6.45, 7) is 8.81. The minimum absolute atomic E-state index is 0.0568. The Morgan fingerprint density at radius 3 is 2.46 bits per heavy atom. The van der Waals surface area contributed by atoms with Gasteiger partial charge in [0.2, 0.25) is 11.7 Å². The molecule has 2 heterocycles. The van der Waals surface area contributed by atoms with Gasteiger partial charge in [-0.2, -0.15) is 0 Å². The lowest BCUT2D eigenvalue weighted by atomic mass is 9.92. The molecule has 1 aromatic heterocycles. The maximum atomic E-state index is 12.6. The number of likely N-dealkylation sites (tertiary alicyclic amines) is 1. The van der Waals surface area contributed by atoms with E-state index in [0.29, 0.717) is 17.8 Å². The molecule has 1 aliphatic heterocycles. The summed E-state index contributed by atoms with van der Waals surface area (Å²) in [6, 6.07) is 12.7. The van der Waals surface area contributed by atoms with Crippen molar-refractivity contribution in [3.63, 3.8) is 0 Å². The molecule has 1 fully saturated rings. The van der Waals surface area contributed by atoms with Gasteiger partial charge in [0.25, 0.3) is 0 Å². The van der Waals surface area contributed by atoms with E-state index in [1.807, 2.05) is 24.3 Å². The molecule has 28 heavy (non-hydrogen) atoms. The largest absolute Gasteiger partial charge is 0.355 e. The zero-order chi connectivity index (χ0) is 19.9. The molecule has 0 unspecified atom stereocenters. The van der Waals surface area contributed by atoms with E-state index in [9.17, 15) is 9.59 Å². The van der Waals surface area contributed by atoms with E-state index < -0.39 is 0 Å². The second-order valence-electron chi connectivity index (χ2n) is 8.13. The summed E-state index contributed by atoms with van der Waals surface area (Å²) in [5.74, 6) is 1.39. The second kappa shape index (κ2) is 9.69. The Balaban J connectivity index is 1.44. The number of hydrogen-bond donors (Lipinski definition) is 1. The number of ketones is 1. The fourth-order valence-electron chi connectivity index (χ4n) is 4.21. The number of nitrogens with zero attached hydrogens (tertiary/aromatic N) is 2. The highest BCUT2D eigenvalue weighted by atomic mass is 16.2. The number of aromatic nitrogens is 1. The SMILES string of the molecule is C[C@H]1C[C@H](C)CN(CCCNC(=O)Cn2cccc2C(=O)c2ccccc2)C1. The maximum absolute atomic E-state index is 12.6. The molecule has 1 saturated heterocycles. The Morgan fingerprint density at radius 2 is 1.75 bits per heavy atom. The number of amides is 1. The van der Waals surface area contributed by atoms with Gasteiger partial charge in [-0.05, 0) is 43.4 Å². The number of carbonyl (C=O) groups excluding carboxylic acids is 2. The summed E-state index contributed by atoms with van der Waals surface area (Å²) in [5, 5.41) is 2.99. The summed E-state index contributed by atoms with van der Waals surface area (Å²) in [4.78, 5) is 27.5. The van der Waals surface area contributed by atoms with Crippen LogP contribution in [0.4, 0.5) is 0 Å². The molecule has 2 atom stereocenters. The van der Waals surface area contributed by atoms with Crippen molar-refractivity contribution in [2.45, 2.75) is 33.2 Å². The van der Waals surface area contributed by atoms with Crippen molar-refractivity contribution >= 4 is 11.7 Å². The molecule has 5 nitrogen and oxygen atoms in total. The number of benzene rings is 1. The molecule has 0 bridgehead atoms. The monoisotopic (exact) mass is 381 g/mol.